The van der Waals surface area contributed by atoms with Gasteiger partial charge in [-0.3, -0.25) is 0 Å². The lowest BCUT2D eigenvalue weighted by Crippen LogP contribution is -2.25. The molecule has 0 radical (unpaired) electrons. The first-order valence-electron chi connectivity index (χ1n) is 6.09. The molecule has 0 bridgehead atoms. The van der Waals surface area contributed by atoms with Crippen LogP contribution in [0.5, 0.6) is 0 Å². The highest BCUT2D eigenvalue weighted by Crippen LogP contribution is 2.24. The maximum atomic E-state index is 11.2. The molecule has 0 aromatic carbocycles. The van der Waals surface area contributed by atoms with Crippen LogP contribution in [0.4, 0.5) is 0 Å². The first-order chi connectivity index (χ1) is 8.19. The number of hydrogen-bond acceptors (Lipinski definition) is 4. The van der Waals surface area contributed by atoms with E-state index in [1.54, 1.807) is 6.07 Å². The van der Waals surface area contributed by atoms with Crippen LogP contribution < -0.4 is 5.32 Å². The van der Waals surface area contributed by atoms with Gasteiger partial charge in [-0.2, -0.15) is 0 Å². The molecule has 1 saturated carbocycles. The minimum absolute atomic E-state index is 0.268. The van der Waals surface area contributed by atoms with Gasteiger partial charge in [0.2, 0.25) is 5.76 Å². The highest BCUT2D eigenvalue weighted by molar-refractivity contribution is 5.86. The number of ether oxygens (including phenoxy) is 1. The van der Waals surface area contributed by atoms with E-state index in [4.69, 9.17) is 4.42 Å². The Bertz CT molecular complexity index is 386. The largest absolute Gasteiger partial charge is 0.463 e. The smallest absolute Gasteiger partial charge is 0.373 e. The molecule has 0 aliphatic heterocycles. The Labute approximate surface area is 101 Å². The van der Waals surface area contributed by atoms with Gasteiger partial charge in [0.15, 0.2) is 0 Å². The molecular weight excluding hydrogens is 218 g/mol. The SMILES string of the molecule is COC(=O)c1ccc(CNC2CCC(C)C2)o1. The molecule has 2 rings (SSSR count). The Morgan fingerprint density at radius 3 is 3.00 bits per heavy atom. The van der Waals surface area contributed by atoms with E-state index in [1.165, 1.54) is 26.4 Å². The van der Waals surface area contributed by atoms with E-state index in [2.05, 4.69) is 17.0 Å². The summed E-state index contributed by atoms with van der Waals surface area (Å²) in [5, 5.41) is 3.45. The van der Waals surface area contributed by atoms with Gasteiger partial charge in [-0.05, 0) is 37.3 Å². The molecule has 0 spiro atoms. The third-order valence-corrected chi connectivity index (χ3v) is 3.31. The lowest BCUT2D eigenvalue weighted by molar-refractivity contribution is 0.0563. The standard InChI is InChI=1S/C13H19NO3/c1-9-3-4-10(7-9)14-8-11-5-6-12(17-11)13(15)16-2/h5-6,9-10,14H,3-4,7-8H2,1-2H3. The Balaban J connectivity index is 1.83. The minimum atomic E-state index is -0.425. The number of furan rings is 1. The van der Waals surface area contributed by atoms with E-state index in [0.717, 1.165) is 11.7 Å². The zero-order valence-corrected chi connectivity index (χ0v) is 10.4. The van der Waals surface area contributed by atoms with Crippen molar-refractivity contribution < 1.29 is 13.9 Å². The van der Waals surface area contributed by atoms with Crippen molar-refractivity contribution in [2.75, 3.05) is 7.11 Å². The summed E-state index contributed by atoms with van der Waals surface area (Å²) in [5.74, 6) is 1.44. The van der Waals surface area contributed by atoms with Crippen molar-refractivity contribution in [2.24, 2.45) is 5.92 Å². The molecule has 0 amide bonds. The van der Waals surface area contributed by atoms with Gasteiger partial charge in [-0.25, -0.2) is 4.79 Å². The van der Waals surface area contributed by atoms with Gasteiger partial charge in [-0.15, -0.1) is 0 Å². The average molecular weight is 237 g/mol. The van der Waals surface area contributed by atoms with Crippen LogP contribution in [0.2, 0.25) is 0 Å². The maximum absolute atomic E-state index is 11.2. The Morgan fingerprint density at radius 1 is 1.53 bits per heavy atom. The van der Waals surface area contributed by atoms with E-state index in [-0.39, 0.29) is 5.76 Å². The molecule has 4 nitrogen and oxygen atoms in total. The van der Waals surface area contributed by atoms with Gasteiger partial charge in [0, 0.05) is 6.04 Å². The monoisotopic (exact) mass is 237 g/mol. The van der Waals surface area contributed by atoms with Crippen LogP contribution >= 0.6 is 0 Å². The van der Waals surface area contributed by atoms with Crippen LogP contribution in [0.3, 0.4) is 0 Å². The molecule has 1 aromatic rings. The van der Waals surface area contributed by atoms with Crippen molar-refractivity contribution in [1.82, 2.24) is 5.32 Å². The molecule has 1 aromatic heterocycles. The number of hydrogen-bond donors (Lipinski definition) is 1. The molecule has 1 aliphatic carbocycles. The first-order valence-corrected chi connectivity index (χ1v) is 6.09. The van der Waals surface area contributed by atoms with Crippen molar-refractivity contribution in [3.05, 3.63) is 23.7 Å². The van der Waals surface area contributed by atoms with Crippen molar-refractivity contribution in [1.29, 1.82) is 0 Å². The van der Waals surface area contributed by atoms with E-state index in [0.29, 0.717) is 12.6 Å². The lowest BCUT2D eigenvalue weighted by Gasteiger charge is -2.10. The number of carbonyl (C=O) groups is 1. The number of esters is 1. The molecule has 17 heavy (non-hydrogen) atoms. The summed E-state index contributed by atoms with van der Waals surface area (Å²) in [5.41, 5.74) is 0. The summed E-state index contributed by atoms with van der Waals surface area (Å²) < 4.78 is 9.97. The molecule has 1 aliphatic rings. The molecule has 4 heteroatoms. The second-order valence-corrected chi connectivity index (χ2v) is 4.75. The zero-order valence-electron chi connectivity index (χ0n) is 10.4. The fourth-order valence-electron chi connectivity index (χ4n) is 2.32. The molecule has 1 fully saturated rings. The van der Waals surface area contributed by atoms with E-state index < -0.39 is 5.97 Å². The second-order valence-electron chi connectivity index (χ2n) is 4.75. The fourth-order valence-corrected chi connectivity index (χ4v) is 2.32. The van der Waals surface area contributed by atoms with E-state index in [1.807, 2.05) is 6.07 Å². The Morgan fingerprint density at radius 2 is 2.35 bits per heavy atom. The van der Waals surface area contributed by atoms with Gasteiger partial charge in [0.25, 0.3) is 0 Å². The van der Waals surface area contributed by atoms with Gasteiger partial charge >= 0.3 is 5.97 Å². The number of rotatable bonds is 4. The van der Waals surface area contributed by atoms with Gasteiger partial charge in [-0.1, -0.05) is 6.92 Å². The highest BCUT2D eigenvalue weighted by Gasteiger charge is 2.21. The predicted molar refractivity (Wildman–Crippen MR) is 63.7 cm³/mol. The molecular formula is C13H19NO3. The van der Waals surface area contributed by atoms with E-state index >= 15 is 0 Å². The number of nitrogens with one attached hydrogen (secondary N) is 1. The van der Waals surface area contributed by atoms with Gasteiger partial charge in [0.1, 0.15) is 5.76 Å². The second kappa shape index (κ2) is 5.36. The summed E-state index contributed by atoms with van der Waals surface area (Å²) in [7, 11) is 1.35. The lowest BCUT2D eigenvalue weighted by atomic mass is 10.1. The Kier molecular flexibility index (Phi) is 3.84. The first kappa shape index (κ1) is 12.2. The molecule has 1 heterocycles. The zero-order chi connectivity index (χ0) is 12.3. The fraction of sp³-hybridized carbons (Fsp3) is 0.615. The van der Waals surface area contributed by atoms with E-state index in [9.17, 15) is 4.79 Å². The highest BCUT2D eigenvalue weighted by atomic mass is 16.5. The third kappa shape index (κ3) is 3.09. The molecule has 1 N–H and O–H groups in total. The summed E-state index contributed by atoms with van der Waals surface area (Å²) in [6.07, 6.45) is 3.75. The summed E-state index contributed by atoms with van der Waals surface area (Å²) in [6, 6.07) is 4.05. The number of carbonyl (C=O) groups excluding carboxylic acids is 1. The summed E-state index contributed by atoms with van der Waals surface area (Å²) >= 11 is 0. The molecule has 0 saturated heterocycles. The topological polar surface area (TPSA) is 51.5 Å². The minimum Gasteiger partial charge on any atom is -0.463 e. The van der Waals surface area contributed by atoms with Crippen molar-refractivity contribution in [3.63, 3.8) is 0 Å². The molecule has 2 atom stereocenters. The average Bonchev–Trinajstić information content (AvgIpc) is 2.94. The molecule has 94 valence electrons. The maximum Gasteiger partial charge on any atom is 0.373 e. The quantitative estimate of drug-likeness (QED) is 0.817. The van der Waals surface area contributed by atoms with Crippen molar-refractivity contribution in [3.8, 4) is 0 Å². The molecule has 2 unspecified atom stereocenters. The Hall–Kier alpha value is -1.29. The van der Waals surface area contributed by atoms with Gasteiger partial charge < -0.3 is 14.5 Å². The van der Waals surface area contributed by atoms with Crippen LogP contribution in [0.15, 0.2) is 16.5 Å². The van der Waals surface area contributed by atoms with Crippen LogP contribution in [-0.4, -0.2) is 19.1 Å². The normalized spacial score (nSPS) is 23.9. The van der Waals surface area contributed by atoms with Crippen LogP contribution in [0, 0.1) is 5.92 Å². The third-order valence-electron chi connectivity index (χ3n) is 3.31. The summed E-state index contributed by atoms with van der Waals surface area (Å²) in [6.45, 7) is 2.96. The predicted octanol–water partition coefficient (Wildman–Crippen LogP) is 2.34. The van der Waals surface area contributed by atoms with Crippen LogP contribution in [-0.2, 0) is 11.3 Å². The van der Waals surface area contributed by atoms with Crippen LogP contribution in [0.25, 0.3) is 0 Å². The van der Waals surface area contributed by atoms with Crippen molar-refractivity contribution in [2.45, 2.75) is 38.8 Å². The van der Waals surface area contributed by atoms with Crippen molar-refractivity contribution >= 4 is 5.97 Å². The van der Waals surface area contributed by atoms with Gasteiger partial charge in [0.05, 0.1) is 13.7 Å². The summed E-state index contributed by atoms with van der Waals surface area (Å²) in [4.78, 5) is 11.2. The number of methoxy groups -OCH3 is 1. The van der Waals surface area contributed by atoms with Crippen LogP contribution in [0.1, 0.15) is 42.5 Å².